The number of aliphatic hydroxyl groups is 1. The summed E-state index contributed by atoms with van der Waals surface area (Å²) < 4.78 is 9.39. The molecule has 5 heteroatoms. The fraction of sp³-hybridized carbons (Fsp3) is 0.684. The number of cyclic esters (lactones) is 1. The highest BCUT2D eigenvalue weighted by Gasteiger charge is 2.23. The number of carbonyl (C=O) groups is 2. The molecule has 0 aromatic carbocycles. The Morgan fingerprint density at radius 2 is 1.75 bits per heavy atom. The van der Waals surface area contributed by atoms with E-state index in [0.717, 1.165) is 19.3 Å². The second kappa shape index (κ2) is 11.8. The lowest BCUT2D eigenvalue weighted by molar-refractivity contribution is -0.150. The van der Waals surface area contributed by atoms with Gasteiger partial charge in [0.2, 0.25) is 6.29 Å². The highest BCUT2D eigenvalue weighted by Crippen LogP contribution is 2.20. The minimum atomic E-state index is -1.29. The molecule has 1 heterocycles. The largest absolute Gasteiger partial charge is 0.466 e. The molecule has 5 nitrogen and oxygen atoms in total. The second-order valence-corrected chi connectivity index (χ2v) is 6.17. The van der Waals surface area contributed by atoms with Crippen LogP contribution >= 0.6 is 0 Å². The number of aliphatic hydroxyl groups excluding tert-OH is 1. The molecule has 1 rings (SSSR count). The Hall–Kier alpha value is -1.62. The number of methoxy groups -OCH3 is 1. The number of hydrogen-bond acceptors (Lipinski definition) is 5. The van der Waals surface area contributed by atoms with Crippen molar-refractivity contribution in [2.75, 3.05) is 7.11 Å². The Balaban J connectivity index is 2.33. The van der Waals surface area contributed by atoms with Crippen molar-refractivity contribution < 1.29 is 24.2 Å². The van der Waals surface area contributed by atoms with E-state index in [0.29, 0.717) is 17.6 Å². The van der Waals surface area contributed by atoms with Gasteiger partial charge in [-0.2, -0.15) is 0 Å². The van der Waals surface area contributed by atoms with Crippen molar-refractivity contribution in [3.05, 3.63) is 23.3 Å². The number of ether oxygens (including phenoxy) is 2. The van der Waals surface area contributed by atoms with Crippen LogP contribution in [0, 0.1) is 0 Å². The predicted molar refractivity (Wildman–Crippen MR) is 92.1 cm³/mol. The Morgan fingerprint density at radius 3 is 2.25 bits per heavy atom. The molecular weight excluding hydrogens is 308 g/mol. The zero-order valence-electron chi connectivity index (χ0n) is 14.9. The van der Waals surface area contributed by atoms with Crippen LogP contribution in [-0.2, 0) is 19.1 Å². The molecule has 0 aliphatic carbocycles. The number of esters is 2. The summed E-state index contributed by atoms with van der Waals surface area (Å²) in [6, 6.07) is 0. The third kappa shape index (κ3) is 7.77. The summed E-state index contributed by atoms with van der Waals surface area (Å²) in [4.78, 5) is 22.9. The number of unbranched alkanes of at least 4 members (excludes halogenated alkanes) is 8. The van der Waals surface area contributed by atoms with Crippen molar-refractivity contribution in [2.45, 2.75) is 77.4 Å². The van der Waals surface area contributed by atoms with Crippen LogP contribution in [0.5, 0.6) is 0 Å². The van der Waals surface area contributed by atoms with Gasteiger partial charge in [-0.05, 0) is 18.9 Å². The highest BCUT2D eigenvalue weighted by atomic mass is 16.6. The molecule has 1 unspecified atom stereocenters. The van der Waals surface area contributed by atoms with Gasteiger partial charge in [0.05, 0.1) is 7.11 Å². The van der Waals surface area contributed by atoms with Gasteiger partial charge in [0.15, 0.2) is 0 Å². The number of hydrogen-bond donors (Lipinski definition) is 1. The van der Waals surface area contributed by atoms with Crippen LogP contribution in [0.3, 0.4) is 0 Å². The molecular formula is C19H30O5. The van der Waals surface area contributed by atoms with Gasteiger partial charge in [-0.1, -0.05) is 58.3 Å². The van der Waals surface area contributed by atoms with Gasteiger partial charge >= 0.3 is 11.9 Å². The van der Waals surface area contributed by atoms with Crippen LogP contribution in [0.15, 0.2) is 23.3 Å². The van der Waals surface area contributed by atoms with Gasteiger partial charge in [0.1, 0.15) is 0 Å². The lowest BCUT2D eigenvalue weighted by Crippen LogP contribution is -2.11. The van der Waals surface area contributed by atoms with Gasteiger partial charge in [0.25, 0.3) is 0 Å². The molecule has 1 aliphatic heterocycles. The first kappa shape index (κ1) is 20.4. The molecule has 0 saturated heterocycles. The van der Waals surface area contributed by atoms with E-state index in [1.54, 1.807) is 0 Å². The van der Waals surface area contributed by atoms with E-state index in [2.05, 4.69) is 11.7 Å². The molecule has 0 spiro atoms. The average Bonchev–Trinajstić information content (AvgIpc) is 2.88. The predicted octanol–water partition coefficient (Wildman–Crippen LogP) is 3.81. The fourth-order valence-corrected chi connectivity index (χ4v) is 2.72. The monoisotopic (exact) mass is 338 g/mol. The molecule has 1 N–H and O–H groups in total. The molecule has 1 aliphatic rings. The highest BCUT2D eigenvalue weighted by molar-refractivity contribution is 5.91. The van der Waals surface area contributed by atoms with Crippen LogP contribution in [-0.4, -0.2) is 30.4 Å². The quantitative estimate of drug-likeness (QED) is 0.333. The van der Waals surface area contributed by atoms with Gasteiger partial charge in [-0.25, -0.2) is 9.59 Å². The van der Waals surface area contributed by atoms with Gasteiger partial charge in [-0.3, -0.25) is 0 Å². The normalized spacial score (nSPS) is 17.6. The molecule has 0 aromatic rings. The summed E-state index contributed by atoms with van der Waals surface area (Å²) >= 11 is 0. The van der Waals surface area contributed by atoms with E-state index >= 15 is 0 Å². The van der Waals surface area contributed by atoms with Crippen LogP contribution in [0.1, 0.15) is 71.1 Å². The molecule has 0 saturated carbocycles. The fourth-order valence-electron chi connectivity index (χ4n) is 2.72. The molecule has 0 aromatic heterocycles. The molecule has 136 valence electrons. The Kier molecular flexibility index (Phi) is 10.1. The second-order valence-electron chi connectivity index (χ2n) is 6.17. The van der Waals surface area contributed by atoms with Crippen molar-refractivity contribution in [1.29, 1.82) is 0 Å². The first-order valence-corrected chi connectivity index (χ1v) is 8.97. The Morgan fingerprint density at radius 1 is 1.17 bits per heavy atom. The standard InChI is InChI=1S/C19H30O5/c1-3-4-5-6-7-8-9-10-11-12-15(18(21)23-2)13-16-14-17(20)24-19(16)22/h13-14,19,22H,3-12H2,1-2H3/b15-13-. The average molecular weight is 338 g/mol. The third-order valence-corrected chi connectivity index (χ3v) is 4.14. The van der Waals surface area contributed by atoms with E-state index in [9.17, 15) is 14.7 Å². The summed E-state index contributed by atoms with van der Waals surface area (Å²) in [6.45, 7) is 2.22. The summed E-state index contributed by atoms with van der Waals surface area (Å²) in [5.41, 5.74) is 0.764. The van der Waals surface area contributed by atoms with Gasteiger partial charge < -0.3 is 14.6 Å². The van der Waals surface area contributed by atoms with E-state index in [1.165, 1.54) is 57.8 Å². The van der Waals surface area contributed by atoms with Crippen molar-refractivity contribution in [3.63, 3.8) is 0 Å². The van der Waals surface area contributed by atoms with Crippen molar-refractivity contribution in [2.24, 2.45) is 0 Å². The lowest BCUT2D eigenvalue weighted by atomic mass is 10.0. The van der Waals surface area contributed by atoms with Crippen molar-refractivity contribution in [1.82, 2.24) is 0 Å². The minimum absolute atomic E-state index is 0.302. The zero-order chi connectivity index (χ0) is 17.8. The Labute approximate surface area is 144 Å². The van der Waals surface area contributed by atoms with Gasteiger partial charge in [0, 0.05) is 17.2 Å². The third-order valence-electron chi connectivity index (χ3n) is 4.14. The number of rotatable bonds is 12. The molecule has 24 heavy (non-hydrogen) atoms. The maximum atomic E-state index is 11.8. The molecule has 1 atom stereocenters. The van der Waals surface area contributed by atoms with E-state index < -0.39 is 18.2 Å². The van der Waals surface area contributed by atoms with Crippen LogP contribution in [0.25, 0.3) is 0 Å². The van der Waals surface area contributed by atoms with E-state index in [1.807, 2.05) is 0 Å². The number of carbonyl (C=O) groups excluding carboxylic acids is 2. The summed E-state index contributed by atoms with van der Waals surface area (Å²) in [5, 5.41) is 9.58. The van der Waals surface area contributed by atoms with Crippen molar-refractivity contribution in [3.8, 4) is 0 Å². The van der Waals surface area contributed by atoms with E-state index in [4.69, 9.17) is 4.74 Å². The molecule has 0 amide bonds. The zero-order valence-corrected chi connectivity index (χ0v) is 14.9. The van der Waals surface area contributed by atoms with Gasteiger partial charge in [-0.15, -0.1) is 0 Å². The minimum Gasteiger partial charge on any atom is -0.466 e. The summed E-state index contributed by atoms with van der Waals surface area (Å²) in [5.74, 6) is -1.02. The molecule has 0 bridgehead atoms. The molecule has 0 radical (unpaired) electrons. The molecule has 0 fully saturated rings. The topological polar surface area (TPSA) is 72.8 Å². The van der Waals surface area contributed by atoms with Crippen LogP contribution in [0.4, 0.5) is 0 Å². The van der Waals surface area contributed by atoms with Crippen LogP contribution in [0.2, 0.25) is 0 Å². The smallest absolute Gasteiger partial charge is 0.333 e. The maximum Gasteiger partial charge on any atom is 0.333 e. The summed E-state index contributed by atoms with van der Waals surface area (Å²) in [6.07, 6.45) is 12.8. The van der Waals surface area contributed by atoms with E-state index in [-0.39, 0.29) is 0 Å². The summed E-state index contributed by atoms with van der Waals surface area (Å²) in [7, 11) is 1.33. The van der Waals surface area contributed by atoms with Crippen molar-refractivity contribution >= 4 is 11.9 Å². The SMILES string of the molecule is CCCCCCCCCCC/C(=C/C1=CC(=O)OC1O)C(=O)OC. The Bertz CT molecular complexity index is 464. The first-order valence-electron chi connectivity index (χ1n) is 8.97. The maximum absolute atomic E-state index is 11.8. The van der Waals surface area contributed by atoms with Crippen LogP contribution < -0.4 is 0 Å². The lowest BCUT2D eigenvalue weighted by Gasteiger charge is -2.08. The first-order chi connectivity index (χ1) is 11.6.